The second-order valence-electron chi connectivity index (χ2n) is 2.86. The predicted molar refractivity (Wildman–Crippen MR) is 59.2 cm³/mol. The second kappa shape index (κ2) is 6.09. The molecular formula is C9H10N2O4S. The summed E-state index contributed by atoms with van der Waals surface area (Å²) in [5.41, 5.74) is 0.00956. The first kappa shape index (κ1) is 12.5. The highest BCUT2D eigenvalue weighted by Crippen LogP contribution is 2.26. The molecule has 0 aliphatic rings. The van der Waals surface area contributed by atoms with E-state index in [1.807, 2.05) is 0 Å². The van der Waals surface area contributed by atoms with E-state index in [0.29, 0.717) is 4.90 Å². The third-order valence-electron chi connectivity index (χ3n) is 1.69. The Labute approximate surface area is 95.9 Å². The molecule has 0 spiro atoms. The zero-order chi connectivity index (χ0) is 12.0. The lowest BCUT2D eigenvalue weighted by Gasteiger charge is -2.02. The summed E-state index contributed by atoms with van der Waals surface area (Å²) >= 11 is 1.06. The maximum absolute atomic E-state index is 10.6. The molecule has 16 heavy (non-hydrogen) atoms. The lowest BCUT2D eigenvalue weighted by molar-refractivity contribution is -0.387. The molecule has 0 radical (unpaired) electrons. The van der Waals surface area contributed by atoms with Gasteiger partial charge in [-0.05, 0) is 18.0 Å². The van der Waals surface area contributed by atoms with Gasteiger partial charge >= 0.3 is 5.97 Å². The number of nitrogens with one attached hydrogen (secondary N) is 1. The van der Waals surface area contributed by atoms with E-state index in [0.717, 1.165) is 11.9 Å². The number of para-hydroxylation sites is 1. The third kappa shape index (κ3) is 3.87. The average Bonchev–Trinajstić information content (AvgIpc) is 2.24. The van der Waals surface area contributed by atoms with Crippen LogP contribution < -0.4 is 4.72 Å². The minimum Gasteiger partial charge on any atom is -0.481 e. The van der Waals surface area contributed by atoms with E-state index in [4.69, 9.17) is 5.11 Å². The van der Waals surface area contributed by atoms with Crippen LogP contribution in [0.3, 0.4) is 0 Å². The van der Waals surface area contributed by atoms with Crippen LogP contribution in [-0.2, 0) is 4.79 Å². The molecule has 0 saturated carbocycles. The van der Waals surface area contributed by atoms with Gasteiger partial charge in [0.25, 0.3) is 5.69 Å². The standard InChI is InChI=1S/C9H10N2O4S/c12-9(13)5-6-10-16-8-4-2-1-3-7(8)11(14)15/h1-4,10H,5-6H2,(H,12,13). The highest BCUT2D eigenvalue weighted by molar-refractivity contribution is 7.97. The topological polar surface area (TPSA) is 92.5 Å². The van der Waals surface area contributed by atoms with Crippen molar-refractivity contribution in [3.63, 3.8) is 0 Å². The SMILES string of the molecule is O=C(O)CCNSc1ccccc1[N+](=O)[O-]. The summed E-state index contributed by atoms with van der Waals surface area (Å²) < 4.78 is 2.76. The number of carboxylic acid groups (broad SMARTS) is 1. The minimum atomic E-state index is -0.907. The van der Waals surface area contributed by atoms with Crippen LogP contribution in [0.1, 0.15) is 6.42 Å². The molecule has 2 N–H and O–H groups in total. The number of nitro benzene ring substituents is 1. The molecule has 86 valence electrons. The molecule has 6 nitrogen and oxygen atoms in total. The van der Waals surface area contributed by atoms with Crippen molar-refractivity contribution in [2.24, 2.45) is 0 Å². The van der Waals surface area contributed by atoms with E-state index in [1.165, 1.54) is 6.07 Å². The van der Waals surface area contributed by atoms with E-state index in [1.54, 1.807) is 18.2 Å². The Bertz CT molecular complexity index is 397. The molecule has 7 heteroatoms. The van der Waals surface area contributed by atoms with Crippen molar-refractivity contribution < 1.29 is 14.8 Å². The Morgan fingerprint density at radius 3 is 2.81 bits per heavy atom. The highest BCUT2D eigenvalue weighted by atomic mass is 32.2. The third-order valence-corrected chi connectivity index (χ3v) is 2.60. The van der Waals surface area contributed by atoms with Gasteiger partial charge in [-0.15, -0.1) is 0 Å². The fourth-order valence-corrected chi connectivity index (χ4v) is 1.73. The van der Waals surface area contributed by atoms with Gasteiger partial charge in [0.2, 0.25) is 0 Å². The summed E-state index contributed by atoms with van der Waals surface area (Å²) in [6, 6.07) is 6.28. The molecule has 1 aromatic rings. The van der Waals surface area contributed by atoms with Crippen LogP contribution in [0.4, 0.5) is 5.69 Å². The van der Waals surface area contributed by atoms with Gasteiger partial charge < -0.3 is 5.11 Å². The van der Waals surface area contributed by atoms with Gasteiger partial charge in [0.1, 0.15) is 4.90 Å². The molecule has 0 amide bonds. The Balaban J connectivity index is 2.53. The van der Waals surface area contributed by atoms with Gasteiger partial charge in [-0.2, -0.15) is 0 Å². The molecule has 0 saturated heterocycles. The average molecular weight is 242 g/mol. The van der Waals surface area contributed by atoms with Crippen LogP contribution >= 0.6 is 11.9 Å². The van der Waals surface area contributed by atoms with Crippen molar-refractivity contribution in [1.29, 1.82) is 0 Å². The van der Waals surface area contributed by atoms with Crippen LogP contribution in [0.2, 0.25) is 0 Å². The van der Waals surface area contributed by atoms with Gasteiger partial charge in [-0.1, -0.05) is 12.1 Å². The van der Waals surface area contributed by atoms with Crippen molar-refractivity contribution in [3.8, 4) is 0 Å². The normalized spacial score (nSPS) is 10.0. The second-order valence-corrected chi connectivity index (χ2v) is 3.80. The summed E-state index contributed by atoms with van der Waals surface area (Å²) in [5.74, 6) is -0.907. The maximum Gasteiger partial charge on any atom is 0.304 e. The fraction of sp³-hybridized carbons (Fsp3) is 0.222. The molecule has 0 aliphatic carbocycles. The molecule has 0 fully saturated rings. The van der Waals surface area contributed by atoms with Crippen LogP contribution in [-0.4, -0.2) is 22.5 Å². The van der Waals surface area contributed by atoms with Crippen LogP contribution in [0.5, 0.6) is 0 Å². The number of carboxylic acids is 1. The lowest BCUT2D eigenvalue weighted by Crippen LogP contribution is -2.10. The molecular weight excluding hydrogens is 232 g/mol. The van der Waals surface area contributed by atoms with E-state index in [9.17, 15) is 14.9 Å². The van der Waals surface area contributed by atoms with Crippen LogP contribution in [0.25, 0.3) is 0 Å². The molecule has 0 unspecified atom stereocenters. The molecule has 0 atom stereocenters. The van der Waals surface area contributed by atoms with Crippen molar-refractivity contribution in [2.45, 2.75) is 11.3 Å². The molecule has 1 aromatic carbocycles. The molecule has 0 aliphatic heterocycles. The maximum atomic E-state index is 10.6. The van der Waals surface area contributed by atoms with Gasteiger partial charge in [-0.3, -0.25) is 19.6 Å². The van der Waals surface area contributed by atoms with Gasteiger partial charge in [0, 0.05) is 12.6 Å². The first-order valence-electron chi connectivity index (χ1n) is 4.46. The van der Waals surface area contributed by atoms with E-state index < -0.39 is 10.9 Å². The first-order chi connectivity index (χ1) is 7.61. The number of benzene rings is 1. The number of rotatable bonds is 6. The zero-order valence-electron chi connectivity index (χ0n) is 8.25. The van der Waals surface area contributed by atoms with Crippen molar-refractivity contribution in [3.05, 3.63) is 34.4 Å². The number of carbonyl (C=O) groups is 1. The van der Waals surface area contributed by atoms with Gasteiger partial charge in [-0.25, -0.2) is 0 Å². The highest BCUT2D eigenvalue weighted by Gasteiger charge is 2.12. The number of nitro groups is 1. The number of aliphatic carboxylic acids is 1. The molecule has 1 rings (SSSR count). The van der Waals surface area contributed by atoms with Gasteiger partial charge in [0.05, 0.1) is 11.3 Å². The quantitative estimate of drug-likeness (QED) is 0.341. The van der Waals surface area contributed by atoms with E-state index in [-0.39, 0.29) is 18.7 Å². The van der Waals surface area contributed by atoms with Crippen LogP contribution in [0, 0.1) is 10.1 Å². The van der Waals surface area contributed by atoms with Crippen molar-refractivity contribution in [2.75, 3.05) is 6.54 Å². The largest absolute Gasteiger partial charge is 0.481 e. The monoisotopic (exact) mass is 242 g/mol. The van der Waals surface area contributed by atoms with Gasteiger partial charge in [0.15, 0.2) is 0 Å². The number of hydrogen-bond acceptors (Lipinski definition) is 5. The van der Waals surface area contributed by atoms with E-state index >= 15 is 0 Å². The molecule has 0 bridgehead atoms. The Kier molecular flexibility index (Phi) is 4.74. The summed E-state index contributed by atoms with van der Waals surface area (Å²) in [6.45, 7) is 0.256. The Hall–Kier alpha value is -1.60. The van der Waals surface area contributed by atoms with Crippen molar-refractivity contribution >= 4 is 23.6 Å². The first-order valence-corrected chi connectivity index (χ1v) is 5.28. The summed E-state index contributed by atoms with van der Waals surface area (Å²) in [4.78, 5) is 20.9. The van der Waals surface area contributed by atoms with E-state index in [2.05, 4.69) is 4.72 Å². The summed E-state index contributed by atoms with van der Waals surface area (Å²) in [7, 11) is 0. The lowest BCUT2D eigenvalue weighted by atomic mass is 10.3. The number of nitrogens with zero attached hydrogens (tertiary/aromatic N) is 1. The number of hydrogen-bond donors (Lipinski definition) is 2. The molecule has 0 aromatic heterocycles. The zero-order valence-corrected chi connectivity index (χ0v) is 9.07. The predicted octanol–water partition coefficient (Wildman–Crippen LogP) is 1.67. The molecule has 0 heterocycles. The minimum absolute atomic E-state index is 0.00956. The summed E-state index contributed by atoms with van der Waals surface area (Å²) in [6.07, 6.45) is -0.0202. The fourth-order valence-electron chi connectivity index (χ4n) is 0.981. The Morgan fingerprint density at radius 2 is 2.19 bits per heavy atom. The van der Waals surface area contributed by atoms with Crippen molar-refractivity contribution in [1.82, 2.24) is 4.72 Å². The Morgan fingerprint density at radius 1 is 1.50 bits per heavy atom. The van der Waals surface area contributed by atoms with Crippen LogP contribution in [0.15, 0.2) is 29.2 Å². The smallest absolute Gasteiger partial charge is 0.304 e. The summed E-state index contributed by atoms with van der Waals surface area (Å²) in [5, 5.41) is 19.0.